The van der Waals surface area contributed by atoms with E-state index in [0.29, 0.717) is 28.4 Å². The molecule has 5 rings (SSSR count). The quantitative estimate of drug-likeness (QED) is 0.536. The fourth-order valence-electron chi connectivity index (χ4n) is 3.57. The van der Waals surface area contributed by atoms with Gasteiger partial charge in [0.05, 0.1) is 6.04 Å². The van der Waals surface area contributed by atoms with E-state index in [0.717, 1.165) is 16.5 Å². The molecule has 0 amide bonds. The number of phenolic OH excluding ortho intramolecular Hbond substituents is 1. The average molecular weight is 385 g/mol. The molecule has 1 aliphatic rings. The summed E-state index contributed by atoms with van der Waals surface area (Å²) in [6.07, 6.45) is 3.44. The first-order valence-electron chi connectivity index (χ1n) is 9.34. The topological polar surface area (TPSA) is 76.5 Å². The Balaban J connectivity index is 1.65. The zero-order chi connectivity index (χ0) is 19.8. The van der Waals surface area contributed by atoms with Crippen LogP contribution in [0.4, 0.5) is 5.82 Å². The molecule has 4 aromatic rings. The van der Waals surface area contributed by atoms with Gasteiger partial charge in [0.1, 0.15) is 17.1 Å². The van der Waals surface area contributed by atoms with Gasteiger partial charge in [0.15, 0.2) is 11.5 Å². The zero-order valence-electron chi connectivity index (χ0n) is 15.8. The SMILES string of the molecule is Cc1ccnc(N[C@H](c2ccc3c(c2)OCO3)c2ccc3cccnc3c2O)c1. The molecule has 29 heavy (non-hydrogen) atoms. The summed E-state index contributed by atoms with van der Waals surface area (Å²) in [4.78, 5) is 8.79. The van der Waals surface area contributed by atoms with Gasteiger partial charge in [-0.1, -0.05) is 24.3 Å². The summed E-state index contributed by atoms with van der Waals surface area (Å²) >= 11 is 0. The van der Waals surface area contributed by atoms with Crippen LogP contribution in [-0.4, -0.2) is 21.9 Å². The highest BCUT2D eigenvalue weighted by molar-refractivity contribution is 5.86. The second kappa shape index (κ2) is 6.98. The molecule has 0 aliphatic carbocycles. The second-order valence-electron chi connectivity index (χ2n) is 6.99. The number of rotatable bonds is 4. The highest BCUT2D eigenvalue weighted by atomic mass is 16.7. The van der Waals surface area contributed by atoms with Crippen molar-refractivity contribution < 1.29 is 14.6 Å². The fraction of sp³-hybridized carbons (Fsp3) is 0.130. The smallest absolute Gasteiger partial charge is 0.231 e. The number of pyridine rings is 2. The minimum Gasteiger partial charge on any atom is -0.505 e. The van der Waals surface area contributed by atoms with E-state index in [1.54, 1.807) is 12.4 Å². The lowest BCUT2D eigenvalue weighted by molar-refractivity contribution is 0.174. The van der Waals surface area contributed by atoms with Crippen molar-refractivity contribution in [1.82, 2.24) is 9.97 Å². The van der Waals surface area contributed by atoms with Gasteiger partial charge in [-0.15, -0.1) is 0 Å². The highest BCUT2D eigenvalue weighted by Gasteiger charge is 2.23. The van der Waals surface area contributed by atoms with Crippen LogP contribution >= 0.6 is 0 Å². The molecule has 0 saturated carbocycles. The van der Waals surface area contributed by atoms with Crippen LogP contribution in [0, 0.1) is 6.92 Å². The Kier molecular flexibility index (Phi) is 4.17. The molecule has 1 aliphatic heterocycles. The number of aromatic hydroxyl groups is 1. The molecular weight excluding hydrogens is 366 g/mol. The van der Waals surface area contributed by atoms with Crippen molar-refractivity contribution in [2.24, 2.45) is 0 Å². The predicted octanol–water partition coefficient (Wildman–Crippen LogP) is 4.57. The number of ether oxygens (including phenoxy) is 2. The van der Waals surface area contributed by atoms with E-state index >= 15 is 0 Å². The number of anilines is 1. The Morgan fingerprint density at radius 2 is 1.86 bits per heavy atom. The van der Waals surface area contributed by atoms with Crippen LogP contribution in [0.3, 0.4) is 0 Å². The molecule has 0 spiro atoms. The third-order valence-corrected chi connectivity index (χ3v) is 5.03. The Morgan fingerprint density at radius 3 is 2.76 bits per heavy atom. The first-order chi connectivity index (χ1) is 14.2. The lowest BCUT2D eigenvalue weighted by atomic mass is 9.95. The van der Waals surface area contributed by atoms with Crippen LogP contribution < -0.4 is 14.8 Å². The van der Waals surface area contributed by atoms with Crippen molar-refractivity contribution in [3.05, 3.63) is 83.7 Å². The molecule has 1 atom stereocenters. The van der Waals surface area contributed by atoms with Gasteiger partial charge in [-0.05, 0) is 48.4 Å². The van der Waals surface area contributed by atoms with Crippen molar-refractivity contribution in [3.63, 3.8) is 0 Å². The minimum absolute atomic E-state index is 0.144. The molecule has 0 fully saturated rings. The number of aromatic nitrogens is 2. The van der Waals surface area contributed by atoms with Gasteiger partial charge in [0.25, 0.3) is 0 Å². The number of hydrogen-bond acceptors (Lipinski definition) is 6. The lowest BCUT2D eigenvalue weighted by Gasteiger charge is -2.22. The molecule has 0 radical (unpaired) electrons. The fourth-order valence-corrected chi connectivity index (χ4v) is 3.57. The molecule has 6 nitrogen and oxygen atoms in total. The number of fused-ring (bicyclic) bond motifs is 2. The van der Waals surface area contributed by atoms with E-state index in [2.05, 4.69) is 15.3 Å². The van der Waals surface area contributed by atoms with E-state index in [1.807, 2.05) is 61.5 Å². The third-order valence-electron chi connectivity index (χ3n) is 5.03. The van der Waals surface area contributed by atoms with Gasteiger partial charge in [0.2, 0.25) is 6.79 Å². The van der Waals surface area contributed by atoms with Gasteiger partial charge < -0.3 is 19.9 Å². The molecule has 0 saturated heterocycles. The molecular formula is C23H19N3O3. The number of nitrogens with one attached hydrogen (secondary N) is 1. The molecule has 3 heterocycles. The van der Waals surface area contributed by atoms with Gasteiger partial charge in [-0.3, -0.25) is 4.98 Å². The van der Waals surface area contributed by atoms with Gasteiger partial charge in [0, 0.05) is 23.3 Å². The molecule has 0 unspecified atom stereocenters. The summed E-state index contributed by atoms with van der Waals surface area (Å²) in [6, 6.07) is 17.0. The largest absolute Gasteiger partial charge is 0.505 e. The van der Waals surface area contributed by atoms with E-state index < -0.39 is 0 Å². The summed E-state index contributed by atoms with van der Waals surface area (Å²) in [5, 5.41) is 15.4. The van der Waals surface area contributed by atoms with E-state index in [1.165, 1.54) is 0 Å². The molecule has 6 heteroatoms. The van der Waals surface area contributed by atoms with Gasteiger partial charge in [-0.25, -0.2) is 4.98 Å². The number of hydrogen-bond donors (Lipinski definition) is 2. The summed E-state index contributed by atoms with van der Waals surface area (Å²) in [7, 11) is 0. The maximum Gasteiger partial charge on any atom is 0.231 e. The summed E-state index contributed by atoms with van der Waals surface area (Å²) in [5.74, 6) is 2.26. The predicted molar refractivity (Wildman–Crippen MR) is 110 cm³/mol. The maximum absolute atomic E-state index is 11.0. The molecule has 2 N–H and O–H groups in total. The van der Waals surface area contributed by atoms with Crippen LogP contribution in [0.1, 0.15) is 22.7 Å². The number of benzene rings is 2. The Labute approximate surface area is 167 Å². The minimum atomic E-state index is -0.356. The van der Waals surface area contributed by atoms with Crippen LogP contribution in [0.5, 0.6) is 17.2 Å². The zero-order valence-corrected chi connectivity index (χ0v) is 15.8. The second-order valence-corrected chi connectivity index (χ2v) is 6.99. The summed E-state index contributed by atoms with van der Waals surface area (Å²) in [6.45, 7) is 2.22. The molecule has 0 bridgehead atoms. The van der Waals surface area contributed by atoms with E-state index in [-0.39, 0.29) is 18.6 Å². The van der Waals surface area contributed by atoms with E-state index in [9.17, 15) is 5.11 Å². The van der Waals surface area contributed by atoms with Gasteiger partial charge in [-0.2, -0.15) is 0 Å². The normalized spacial score (nSPS) is 13.4. The Morgan fingerprint density at radius 1 is 0.966 bits per heavy atom. The Hall–Kier alpha value is -3.80. The van der Waals surface area contributed by atoms with Gasteiger partial charge >= 0.3 is 0 Å². The van der Waals surface area contributed by atoms with Crippen LogP contribution in [0.25, 0.3) is 10.9 Å². The highest BCUT2D eigenvalue weighted by Crippen LogP contribution is 2.40. The van der Waals surface area contributed by atoms with Crippen molar-refractivity contribution in [2.75, 3.05) is 12.1 Å². The number of aryl methyl sites for hydroxylation is 1. The van der Waals surface area contributed by atoms with Crippen LogP contribution in [-0.2, 0) is 0 Å². The standard InChI is InChI=1S/C23H19N3O3/c1-14-8-10-24-20(11-14)26-21(16-5-7-18-19(12-16)29-13-28-18)17-6-4-15-3-2-9-25-22(15)23(17)27/h2-12,21,27H,13H2,1H3,(H,24,26)/t21-/m1/s1. The first kappa shape index (κ1) is 17.3. The van der Waals surface area contributed by atoms with Crippen LogP contribution in [0.15, 0.2) is 67.0 Å². The van der Waals surface area contributed by atoms with E-state index in [4.69, 9.17) is 9.47 Å². The number of nitrogens with zero attached hydrogens (tertiary/aromatic N) is 2. The van der Waals surface area contributed by atoms with Crippen molar-refractivity contribution in [2.45, 2.75) is 13.0 Å². The van der Waals surface area contributed by atoms with Crippen molar-refractivity contribution in [1.29, 1.82) is 0 Å². The average Bonchev–Trinajstić information content (AvgIpc) is 3.21. The van der Waals surface area contributed by atoms with Crippen molar-refractivity contribution in [3.8, 4) is 17.2 Å². The summed E-state index contributed by atoms with van der Waals surface area (Å²) < 4.78 is 11.0. The molecule has 2 aromatic heterocycles. The van der Waals surface area contributed by atoms with Crippen LogP contribution in [0.2, 0.25) is 0 Å². The molecule has 2 aromatic carbocycles. The maximum atomic E-state index is 11.0. The number of phenols is 1. The monoisotopic (exact) mass is 385 g/mol. The molecule has 144 valence electrons. The first-order valence-corrected chi connectivity index (χ1v) is 9.34. The summed E-state index contributed by atoms with van der Waals surface area (Å²) in [5.41, 5.74) is 3.28. The Bertz CT molecular complexity index is 1210. The lowest BCUT2D eigenvalue weighted by Crippen LogP contribution is -2.14. The third kappa shape index (κ3) is 3.18. The van der Waals surface area contributed by atoms with Crippen molar-refractivity contribution >= 4 is 16.7 Å².